The van der Waals surface area contributed by atoms with Crippen LogP contribution in [0.4, 0.5) is 14.9 Å². The zero-order chi connectivity index (χ0) is 16.9. The van der Waals surface area contributed by atoms with E-state index in [2.05, 4.69) is 10.6 Å². The van der Waals surface area contributed by atoms with Gasteiger partial charge in [-0.2, -0.15) is 0 Å². The molecule has 1 saturated carbocycles. The van der Waals surface area contributed by atoms with Gasteiger partial charge in [-0.3, -0.25) is 4.79 Å². The average molecular weight is 333 g/mol. The number of nitrogens with one attached hydrogen (secondary N) is 2. The Bertz CT molecular complexity index is 602. The van der Waals surface area contributed by atoms with Gasteiger partial charge in [-0.05, 0) is 37.3 Å². The van der Waals surface area contributed by atoms with Crippen LogP contribution in [-0.2, 0) is 4.79 Å². The van der Waals surface area contributed by atoms with E-state index in [0.717, 1.165) is 12.8 Å². The fraction of sp³-hybridized carbons (Fsp3) is 0.556. The summed E-state index contributed by atoms with van der Waals surface area (Å²) in [6.07, 6.45) is 6.54. The molecular weight excluding hydrogens is 309 g/mol. The number of hydrogen-bond acceptors (Lipinski definition) is 2. The summed E-state index contributed by atoms with van der Waals surface area (Å²) in [7, 11) is 0. The van der Waals surface area contributed by atoms with E-state index in [-0.39, 0.29) is 17.6 Å². The third-order valence-electron chi connectivity index (χ3n) is 4.93. The van der Waals surface area contributed by atoms with Crippen LogP contribution < -0.4 is 15.5 Å². The molecule has 5 nitrogen and oxygen atoms in total. The first-order valence-corrected chi connectivity index (χ1v) is 8.75. The van der Waals surface area contributed by atoms with E-state index < -0.39 is 11.9 Å². The van der Waals surface area contributed by atoms with Crippen molar-refractivity contribution in [2.45, 2.75) is 44.6 Å². The average Bonchev–Trinajstić information content (AvgIpc) is 2.95. The van der Waals surface area contributed by atoms with E-state index in [1.165, 1.54) is 30.2 Å². The zero-order valence-corrected chi connectivity index (χ0v) is 13.8. The Kier molecular flexibility index (Phi) is 5.33. The molecule has 3 rings (SSSR count). The number of hydrogen-bond donors (Lipinski definition) is 2. The van der Waals surface area contributed by atoms with E-state index in [0.29, 0.717) is 25.4 Å². The summed E-state index contributed by atoms with van der Waals surface area (Å²) in [4.78, 5) is 25.9. The first kappa shape index (κ1) is 16.7. The summed E-state index contributed by atoms with van der Waals surface area (Å²) in [5.41, 5.74) is 0.273. The minimum atomic E-state index is -0.587. The van der Waals surface area contributed by atoms with Crippen molar-refractivity contribution in [2.24, 2.45) is 5.92 Å². The van der Waals surface area contributed by atoms with Crippen LogP contribution in [0.2, 0.25) is 0 Å². The molecule has 6 heteroatoms. The number of urea groups is 1. The van der Waals surface area contributed by atoms with Gasteiger partial charge < -0.3 is 15.5 Å². The van der Waals surface area contributed by atoms with Crippen molar-refractivity contribution >= 4 is 17.6 Å². The monoisotopic (exact) mass is 333 g/mol. The van der Waals surface area contributed by atoms with Gasteiger partial charge in [0.05, 0.1) is 5.69 Å². The number of halogens is 1. The number of benzene rings is 1. The summed E-state index contributed by atoms with van der Waals surface area (Å²) < 4.78 is 13.8. The van der Waals surface area contributed by atoms with Crippen LogP contribution in [0.3, 0.4) is 0 Å². The van der Waals surface area contributed by atoms with Crippen molar-refractivity contribution in [1.29, 1.82) is 0 Å². The number of carbonyl (C=O) groups is 2. The van der Waals surface area contributed by atoms with Crippen molar-refractivity contribution in [3.8, 4) is 0 Å². The first-order chi connectivity index (χ1) is 11.6. The summed E-state index contributed by atoms with van der Waals surface area (Å²) in [5.74, 6) is -0.139. The van der Waals surface area contributed by atoms with Gasteiger partial charge in [0.2, 0.25) is 5.91 Å². The summed E-state index contributed by atoms with van der Waals surface area (Å²) in [5, 5.41) is 5.59. The lowest BCUT2D eigenvalue weighted by Gasteiger charge is -2.22. The third kappa shape index (κ3) is 3.86. The SMILES string of the molecule is O=C(NCC1CCCCC1)N[C@H]1CCN(c2ccccc2F)C1=O. The normalized spacial score (nSPS) is 21.8. The van der Waals surface area contributed by atoms with Crippen LogP contribution in [-0.4, -0.2) is 31.1 Å². The predicted octanol–water partition coefficient (Wildman–Crippen LogP) is 2.81. The van der Waals surface area contributed by atoms with E-state index >= 15 is 0 Å². The Morgan fingerprint density at radius 1 is 1.17 bits per heavy atom. The molecular formula is C18H24FN3O2. The van der Waals surface area contributed by atoms with Crippen molar-refractivity contribution in [1.82, 2.24) is 10.6 Å². The van der Waals surface area contributed by atoms with Crippen LogP contribution in [0.5, 0.6) is 0 Å². The largest absolute Gasteiger partial charge is 0.338 e. The van der Waals surface area contributed by atoms with Gasteiger partial charge in [-0.15, -0.1) is 0 Å². The van der Waals surface area contributed by atoms with Crippen LogP contribution in [0.1, 0.15) is 38.5 Å². The lowest BCUT2D eigenvalue weighted by atomic mass is 9.89. The number of anilines is 1. The van der Waals surface area contributed by atoms with Gasteiger partial charge in [0.1, 0.15) is 11.9 Å². The quantitative estimate of drug-likeness (QED) is 0.890. The van der Waals surface area contributed by atoms with Gasteiger partial charge in [0, 0.05) is 13.1 Å². The summed E-state index contributed by atoms with van der Waals surface area (Å²) >= 11 is 0. The number of amides is 3. The second-order valence-corrected chi connectivity index (χ2v) is 6.64. The molecule has 1 aliphatic carbocycles. The molecule has 1 heterocycles. The Balaban J connectivity index is 1.50. The van der Waals surface area contributed by atoms with Gasteiger partial charge in [0.15, 0.2) is 0 Å². The molecule has 2 N–H and O–H groups in total. The number of carbonyl (C=O) groups excluding carboxylic acids is 2. The highest BCUT2D eigenvalue weighted by Crippen LogP contribution is 2.25. The Morgan fingerprint density at radius 2 is 1.92 bits per heavy atom. The molecule has 0 radical (unpaired) electrons. The molecule has 3 amide bonds. The van der Waals surface area contributed by atoms with E-state index in [4.69, 9.17) is 0 Å². The molecule has 1 saturated heterocycles. The van der Waals surface area contributed by atoms with Crippen molar-refractivity contribution < 1.29 is 14.0 Å². The second-order valence-electron chi connectivity index (χ2n) is 6.64. The fourth-order valence-corrected chi connectivity index (χ4v) is 3.56. The molecule has 0 spiro atoms. The Morgan fingerprint density at radius 3 is 2.67 bits per heavy atom. The molecule has 1 aliphatic heterocycles. The number of rotatable bonds is 4. The van der Waals surface area contributed by atoms with Crippen LogP contribution in [0.15, 0.2) is 24.3 Å². The number of para-hydroxylation sites is 1. The molecule has 2 aliphatic rings. The summed E-state index contributed by atoms with van der Waals surface area (Å²) in [6, 6.07) is 5.31. The van der Waals surface area contributed by atoms with Crippen molar-refractivity contribution in [2.75, 3.05) is 18.0 Å². The summed E-state index contributed by atoms with van der Waals surface area (Å²) in [6.45, 7) is 1.07. The highest BCUT2D eigenvalue weighted by Gasteiger charge is 2.34. The standard InChI is InChI=1S/C18H24FN3O2/c19-14-8-4-5-9-16(14)22-11-10-15(17(22)23)21-18(24)20-12-13-6-2-1-3-7-13/h4-5,8-9,13,15H,1-3,6-7,10-12H2,(H2,20,21,24)/t15-/m0/s1. The van der Waals surface area contributed by atoms with E-state index in [1.807, 2.05) is 0 Å². The van der Waals surface area contributed by atoms with Gasteiger partial charge in [-0.25, -0.2) is 9.18 Å². The third-order valence-corrected chi connectivity index (χ3v) is 4.93. The Hall–Kier alpha value is -2.11. The van der Waals surface area contributed by atoms with Crippen LogP contribution in [0, 0.1) is 11.7 Å². The van der Waals surface area contributed by atoms with Crippen LogP contribution in [0.25, 0.3) is 0 Å². The molecule has 1 aromatic rings. The molecule has 1 atom stereocenters. The van der Waals surface area contributed by atoms with Crippen LogP contribution >= 0.6 is 0 Å². The minimum absolute atomic E-state index is 0.257. The van der Waals surface area contributed by atoms with E-state index in [1.54, 1.807) is 18.2 Å². The highest BCUT2D eigenvalue weighted by molar-refractivity contribution is 6.01. The maximum atomic E-state index is 13.8. The minimum Gasteiger partial charge on any atom is -0.338 e. The zero-order valence-electron chi connectivity index (χ0n) is 13.8. The second kappa shape index (κ2) is 7.64. The van der Waals surface area contributed by atoms with Gasteiger partial charge in [0.25, 0.3) is 0 Å². The molecule has 0 bridgehead atoms. The van der Waals surface area contributed by atoms with E-state index in [9.17, 15) is 14.0 Å². The fourth-order valence-electron chi connectivity index (χ4n) is 3.56. The lowest BCUT2D eigenvalue weighted by Crippen LogP contribution is -2.47. The Labute approximate surface area is 141 Å². The number of nitrogens with zero attached hydrogens (tertiary/aromatic N) is 1. The first-order valence-electron chi connectivity index (χ1n) is 8.75. The smallest absolute Gasteiger partial charge is 0.315 e. The van der Waals surface area contributed by atoms with Gasteiger partial charge >= 0.3 is 6.03 Å². The maximum Gasteiger partial charge on any atom is 0.315 e. The van der Waals surface area contributed by atoms with Gasteiger partial charge in [-0.1, -0.05) is 31.4 Å². The molecule has 0 aromatic heterocycles. The predicted molar refractivity (Wildman–Crippen MR) is 90.3 cm³/mol. The topological polar surface area (TPSA) is 61.4 Å². The molecule has 2 fully saturated rings. The highest BCUT2D eigenvalue weighted by atomic mass is 19.1. The molecule has 130 valence electrons. The molecule has 1 aromatic carbocycles. The molecule has 0 unspecified atom stereocenters. The molecule has 24 heavy (non-hydrogen) atoms. The van der Waals surface area contributed by atoms with Crippen molar-refractivity contribution in [3.63, 3.8) is 0 Å². The lowest BCUT2D eigenvalue weighted by molar-refractivity contribution is -0.118. The van der Waals surface area contributed by atoms with Crippen molar-refractivity contribution in [3.05, 3.63) is 30.1 Å². The maximum absolute atomic E-state index is 13.8.